The third-order valence-electron chi connectivity index (χ3n) is 4.57. The van der Waals surface area contributed by atoms with E-state index in [1.807, 2.05) is 24.6 Å². The fourth-order valence-corrected chi connectivity index (χ4v) is 3.23. The van der Waals surface area contributed by atoms with Gasteiger partial charge in [0.2, 0.25) is 0 Å². The molecule has 0 saturated carbocycles. The minimum atomic E-state index is -0.982. The lowest BCUT2D eigenvalue weighted by Crippen LogP contribution is -2.39. The van der Waals surface area contributed by atoms with Gasteiger partial charge in [0.05, 0.1) is 36.4 Å². The van der Waals surface area contributed by atoms with Crippen molar-refractivity contribution in [2.75, 3.05) is 18.5 Å². The number of amides is 1. The van der Waals surface area contributed by atoms with Crippen LogP contribution in [0.1, 0.15) is 36.3 Å². The summed E-state index contributed by atoms with van der Waals surface area (Å²) in [6, 6.07) is 3.52. The summed E-state index contributed by atoms with van der Waals surface area (Å²) >= 11 is 0. The van der Waals surface area contributed by atoms with Gasteiger partial charge in [0.15, 0.2) is 6.10 Å². The molecule has 1 aliphatic rings. The molecular weight excluding hydrogens is 352 g/mol. The molecule has 1 N–H and O–H groups in total. The SMILES string of the molecule is CCOC(=O)CC1Oc2ccc3c(c2NC1=O)c(C(=O)OCC)c(C)n3C. The average Bonchev–Trinajstić information content (AvgIpc) is 2.88. The van der Waals surface area contributed by atoms with Gasteiger partial charge in [-0.05, 0) is 32.9 Å². The fourth-order valence-electron chi connectivity index (χ4n) is 3.23. The molecule has 1 aromatic heterocycles. The van der Waals surface area contributed by atoms with E-state index in [0.717, 1.165) is 11.2 Å². The third-order valence-corrected chi connectivity index (χ3v) is 4.57. The van der Waals surface area contributed by atoms with Crippen molar-refractivity contribution in [2.45, 2.75) is 33.3 Å². The average molecular weight is 374 g/mol. The van der Waals surface area contributed by atoms with Gasteiger partial charge in [-0.15, -0.1) is 0 Å². The number of rotatable bonds is 5. The smallest absolute Gasteiger partial charge is 0.340 e. The Hall–Kier alpha value is -3.03. The molecule has 8 heteroatoms. The lowest BCUT2D eigenvalue weighted by atomic mass is 10.1. The summed E-state index contributed by atoms with van der Waals surface area (Å²) in [4.78, 5) is 36.7. The predicted molar refractivity (Wildman–Crippen MR) is 97.9 cm³/mol. The lowest BCUT2D eigenvalue weighted by molar-refractivity contribution is -0.147. The molecule has 1 unspecified atom stereocenters. The van der Waals surface area contributed by atoms with Crippen molar-refractivity contribution >= 4 is 34.4 Å². The highest BCUT2D eigenvalue weighted by molar-refractivity contribution is 6.16. The number of hydrogen-bond donors (Lipinski definition) is 1. The molecule has 1 amide bonds. The molecule has 2 aromatic rings. The van der Waals surface area contributed by atoms with Gasteiger partial charge in [0.25, 0.3) is 5.91 Å². The Morgan fingerprint density at radius 3 is 2.59 bits per heavy atom. The zero-order valence-corrected chi connectivity index (χ0v) is 15.8. The van der Waals surface area contributed by atoms with E-state index in [1.165, 1.54) is 0 Å². The maximum absolute atomic E-state index is 12.5. The van der Waals surface area contributed by atoms with Crippen LogP contribution >= 0.6 is 0 Å². The first-order chi connectivity index (χ1) is 12.9. The molecule has 0 radical (unpaired) electrons. The van der Waals surface area contributed by atoms with Crippen molar-refractivity contribution < 1.29 is 28.6 Å². The van der Waals surface area contributed by atoms with Crippen LogP contribution in [-0.2, 0) is 26.1 Å². The maximum Gasteiger partial charge on any atom is 0.340 e. The summed E-state index contributed by atoms with van der Waals surface area (Å²) in [7, 11) is 1.84. The van der Waals surface area contributed by atoms with Gasteiger partial charge in [-0.25, -0.2) is 4.79 Å². The number of aromatic nitrogens is 1. The number of carbonyl (C=O) groups is 3. The van der Waals surface area contributed by atoms with E-state index in [-0.39, 0.29) is 19.6 Å². The van der Waals surface area contributed by atoms with Crippen molar-refractivity contribution in [3.63, 3.8) is 0 Å². The van der Waals surface area contributed by atoms with Gasteiger partial charge >= 0.3 is 11.9 Å². The van der Waals surface area contributed by atoms with E-state index in [2.05, 4.69) is 5.32 Å². The number of esters is 2. The normalized spacial score (nSPS) is 15.7. The molecule has 1 aliphatic heterocycles. The molecule has 144 valence electrons. The van der Waals surface area contributed by atoms with Crippen molar-refractivity contribution in [3.8, 4) is 5.75 Å². The molecule has 3 rings (SSSR count). The summed E-state index contributed by atoms with van der Waals surface area (Å²) in [5.41, 5.74) is 2.28. The highest BCUT2D eigenvalue weighted by Gasteiger charge is 2.33. The van der Waals surface area contributed by atoms with Crippen molar-refractivity contribution in [2.24, 2.45) is 7.05 Å². The fraction of sp³-hybridized carbons (Fsp3) is 0.421. The molecule has 2 heterocycles. The first-order valence-corrected chi connectivity index (χ1v) is 8.81. The van der Waals surface area contributed by atoms with Crippen LogP contribution in [0, 0.1) is 6.92 Å². The van der Waals surface area contributed by atoms with E-state index in [4.69, 9.17) is 14.2 Å². The maximum atomic E-state index is 12.5. The Labute approximate surface area is 156 Å². The summed E-state index contributed by atoms with van der Waals surface area (Å²) < 4.78 is 17.7. The summed E-state index contributed by atoms with van der Waals surface area (Å²) in [5, 5.41) is 3.35. The van der Waals surface area contributed by atoms with Crippen LogP contribution in [0.5, 0.6) is 5.75 Å². The number of hydrogen-bond acceptors (Lipinski definition) is 6. The molecular formula is C19H22N2O6. The first kappa shape index (κ1) is 18.8. The Balaban J connectivity index is 2.06. The monoisotopic (exact) mass is 374 g/mol. The predicted octanol–water partition coefficient (Wildman–Crippen LogP) is 2.32. The van der Waals surface area contributed by atoms with Crippen LogP contribution in [0.2, 0.25) is 0 Å². The summed E-state index contributed by atoms with van der Waals surface area (Å²) in [5.74, 6) is -1.03. The molecule has 0 fully saturated rings. The number of fused-ring (bicyclic) bond motifs is 3. The molecule has 1 atom stereocenters. The number of nitrogens with one attached hydrogen (secondary N) is 1. The van der Waals surface area contributed by atoms with Gasteiger partial charge in [0.1, 0.15) is 5.75 Å². The van der Waals surface area contributed by atoms with E-state index in [0.29, 0.717) is 22.4 Å². The number of benzene rings is 1. The molecule has 0 bridgehead atoms. The minimum Gasteiger partial charge on any atom is -0.478 e. The second-order valence-electron chi connectivity index (χ2n) is 6.18. The molecule has 0 aliphatic carbocycles. The van der Waals surface area contributed by atoms with Gasteiger partial charge in [-0.2, -0.15) is 0 Å². The first-order valence-electron chi connectivity index (χ1n) is 8.81. The van der Waals surface area contributed by atoms with Crippen molar-refractivity contribution in [3.05, 3.63) is 23.4 Å². The van der Waals surface area contributed by atoms with Crippen molar-refractivity contribution in [1.82, 2.24) is 4.57 Å². The van der Waals surface area contributed by atoms with E-state index < -0.39 is 23.9 Å². The van der Waals surface area contributed by atoms with Gasteiger partial charge in [-0.3, -0.25) is 9.59 Å². The number of ether oxygens (including phenoxy) is 3. The molecule has 1 aromatic carbocycles. The highest BCUT2D eigenvalue weighted by Crippen LogP contribution is 2.41. The zero-order chi connectivity index (χ0) is 19.7. The van der Waals surface area contributed by atoms with Crippen LogP contribution < -0.4 is 10.1 Å². The van der Waals surface area contributed by atoms with E-state index >= 15 is 0 Å². The lowest BCUT2D eigenvalue weighted by Gasteiger charge is -2.26. The molecule has 0 spiro atoms. The number of anilines is 1. The quantitative estimate of drug-likeness (QED) is 0.807. The van der Waals surface area contributed by atoms with Crippen LogP contribution in [0.4, 0.5) is 5.69 Å². The number of nitrogens with zero attached hydrogens (tertiary/aromatic N) is 1. The summed E-state index contributed by atoms with van der Waals surface area (Å²) in [6.07, 6.45) is -1.17. The Kier molecular flexibility index (Phi) is 5.07. The van der Waals surface area contributed by atoms with Crippen LogP contribution in [0.15, 0.2) is 12.1 Å². The van der Waals surface area contributed by atoms with Crippen LogP contribution in [-0.4, -0.2) is 41.7 Å². The molecule has 27 heavy (non-hydrogen) atoms. The Morgan fingerprint density at radius 1 is 1.22 bits per heavy atom. The number of aryl methyl sites for hydroxylation is 1. The largest absolute Gasteiger partial charge is 0.478 e. The molecule has 8 nitrogen and oxygen atoms in total. The Morgan fingerprint density at radius 2 is 1.93 bits per heavy atom. The zero-order valence-electron chi connectivity index (χ0n) is 15.8. The van der Waals surface area contributed by atoms with Gasteiger partial charge in [0, 0.05) is 18.1 Å². The second kappa shape index (κ2) is 7.30. The van der Waals surface area contributed by atoms with Crippen molar-refractivity contribution in [1.29, 1.82) is 0 Å². The summed E-state index contributed by atoms with van der Waals surface area (Å²) in [6.45, 7) is 5.72. The third kappa shape index (κ3) is 3.22. The second-order valence-corrected chi connectivity index (χ2v) is 6.18. The Bertz CT molecular complexity index is 930. The minimum absolute atomic E-state index is 0.185. The van der Waals surface area contributed by atoms with Gasteiger partial charge < -0.3 is 24.1 Å². The van der Waals surface area contributed by atoms with Gasteiger partial charge in [-0.1, -0.05) is 0 Å². The highest BCUT2D eigenvalue weighted by atomic mass is 16.5. The van der Waals surface area contributed by atoms with E-state index in [9.17, 15) is 14.4 Å². The topological polar surface area (TPSA) is 95.9 Å². The van der Waals surface area contributed by atoms with Crippen LogP contribution in [0.3, 0.4) is 0 Å². The van der Waals surface area contributed by atoms with Crippen LogP contribution in [0.25, 0.3) is 10.9 Å². The number of carbonyl (C=O) groups excluding carboxylic acids is 3. The molecule has 0 saturated heterocycles. The van der Waals surface area contributed by atoms with E-state index in [1.54, 1.807) is 19.9 Å². The standard InChI is InChI=1S/C19H22N2O6/c1-5-25-14(22)9-13-18(23)20-17-12(27-13)8-7-11-16(17)15(10(3)21(11)4)19(24)26-6-2/h7-8,13H,5-6,9H2,1-4H3,(H,20,23).